The molecule has 0 bridgehead atoms. The Morgan fingerprint density at radius 3 is 0.559 bits per heavy atom. The molecule has 0 amide bonds. The second-order valence-electron chi connectivity index (χ2n) is 31.5. The molecule has 25 aromatic carbocycles. The van der Waals surface area contributed by atoms with Gasteiger partial charge in [-0.05, 0) is 288 Å². The Morgan fingerprint density at radius 1 is 0.0847 bits per heavy atom. The van der Waals surface area contributed by atoms with Crippen LogP contribution >= 0.6 is 0 Å². The highest BCUT2D eigenvalue weighted by molar-refractivity contribution is 6.29. The van der Waals surface area contributed by atoms with E-state index < -0.39 is 0 Å². The maximum Gasteiger partial charge on any atom is -0.00199 e. The molecule has 0 nitrogen and oxygen atoms in total. The fraction of sp³-hybridized carbons (Fsp3) is 0. The van der Waals surface area contributed by atoms with Crippen molar-refractivity contribution in [3.05, 3.63) is 449 Å². The summed E-state index contributed by atoms with van der Waals surface area (Å²) in [4.78, 5) is 0. The van der Waals surface area contributed by atoms with Crippen molar-refractivity contribution >= 4 is 172 Å². The minimum absolute atomic E-state index is 1.25. The first-order chi connectivity index (χ1) is 58.5. The van der Waals surface area contributed by atoms with Gasteiger partial charge in [0.15, 0.2) is 0 Å². The van der Waals surface area contributed by atoms with Gasteiger partial charge in [0.2, 0.25) is 0 Å². The molecule has 0 aromatic heterocycles. The number of hydrogen-bond acceptors (Lipinski definition) is 0. The Kier molecular flexibility index (Phi) is 16.4. The summed E-state index contributed by atoms with van der Waals surface area (Å²) in [7, 11) is 0. The lowest BCUT2D eigenvalue weighted by Crippen LogP contribution is -1.93. The summed E-state index contributed by atoms with van der Waals surface area (Å²) in [5.74, 6) is 0. The van der Waals surface area contributed by atoms with Gasteiger partial charge in [-0.25, -0.2) is 0 Å². The number of hydrogen-bond donors (Lipinski definition) is 0. The summed E-state index contributed by atoms with van der Waals surface area (Å²) in [5.41, 5.74) is 15.3. The van der Waals surface area contributed by atoms with E-state index in [1.165, 1.54) is 239 Å². The summed E-state index contributed by atoms with van der Waals surface area (Å²) in [6.07, 6.45) is 0. The van der Waals surface area contributed by atoms with Crippen LogP contribution in [0.4, 0.5) is 0 Å². The van der Waals surface area contributed by atoms with Gasteiger partial charge in [-0.3, -0.25) is 0 Å². The fourth-order valence-corrected chi connectivity index (χ4v) is 19.6. The SMILES string of the molecule is c1ccc2c(-c3ccc4c(ccc5cc(-c6cccc7ccccc67)ccc54)c3)cccc2c1.c1ccc2c(c1)cc(-c1c3ccccc3c(-c3cc4ccccc4c4ccccc34)c3ccccc13)c1ccccc12.c1ccc2c(c1)cc(-c1ccc3c(ccc4cc(-c5cc6ccccc6c6ccccc56)ccc43)c1)c1ccccc12. The van der Waals surface area contributed by atoms with Crippen molar-refractivity contribution in [3.63, 3.8) is 0 Å². The number of fused-ring (bicyclic) bond motifs is 22. The molecule has 0 fully saturated rings. The molecular formula is C118H74. The van der Waals surface area contributed by atoms with Crippen LogP contribution < -0.4 is 0 Å². The molecule has 0 heteroatoms. The smallest absolute Gasteiger partial charge is 0.00199 e. The Labute approximate surface area is 683 Å². The van der Waals surface area contributed by atoms with Gasteiger partial charge in [-0.1, -0.05) is 400 Å². The molecule has 25 rings (SSSR count). The first-order valence-corrected chi connectivity index (χ1v) is 41.0. The van der Waals surface area contributed by atoms with Gasteiger partial charge in [0.25, 0.3) is 0 Å². The van der Waals surface area contributed by atoms with Crippen molar-refractivity contribution < 1.29 is 0 Å². The molecule has 0 aliphatic rings. The third kappa shape index (κ3) is 11.5. The van der Waals surface area contributed by atoms with Gasteiger partial charge in [0.05, 0.1) is 0 Å². The molecule has 0 heterocycles. The van der Waals surface area contributed by atoms with E-state index in [4.69, 9.17) is 0 Å². The summed E-state index contributed by atoms with van der Waals surface area (Å²) < 4.78 is 0. The van der Waals surface area contributed by atoms with Crippen LogP contribution in [0.3, 0.4) is 0 Å². The van der Waals surface area contributed by atoms with Crippen molar-refractivity contribution in [1.29, 1.82) is 0 Å². The van der Waals surface area contributed by atoms with Crippen molar-refractivity contribution in [3.8, 4) is 66.8 Å². The third-order valence-electron chi connectivity index (χ3n) is 25.0. The zero-order valence-electron chi connectivity index (χ0n) is 64.7. The maximum atomic E-state index is 2.40. The molecule has 0 aliphatic carbocycles. The molecule has 0 aliphatic heterocycles. The monoisotopic (exact) mass is 1490 g/mol. The fourth-order valence-electron chi connectivity index (χ4n) is 19.6. The molecule has 25 aromatic rings. The van der Waals surface area contributed by atoms with E-state index in [-0.39, 0.29) is 0 Å². The second-order valence-corrected chi connectivity index (χ2v) is 31.5. The molecule has 0 saturated carbocycles. The van der Waals surface area contributed by atoms with E-state index in [0.29, 0.717) is 0 Å². The van der Waals surface area contributed by atoms with E-state index >= 15 is 0 Å². The lowest BCUT2D eigenvalue weighted by Gasteiger charge is -2.21. The molecule has 0 atom stereocenters. The highest BCUT2D eigenvalue weighted by Crippen LogP contribution is 2.50. The van der Waals surface area contributed by atoms with Crippen LogP contribution in [0, 0.1) is 0 Å². The van der Waals surface area contributed by atoms with Gasteiger partial charge < -0.3 is 0 Å². The van der Waals surface area contributed by atoms with Gasteiger partial charge in [0, 0.05) is 0 Å². The van der Waals surface area contributed by atoms with Crippen LogP contribution in [-0.4, -0.2) is 0 Å². The van der Waals surface area contributed by atoms with E-state index in [0.717, 1.165) is 0 Å². The maximum absolute atomic E-state index is 2.40. The Hall–Kier alpha value is -15.3. The van der Waals surface area contributed by atoms with E-state index in [1.807, 2.05) is 0 Å². The predicted molar refractivity (Wildman–Crippen MR) is 512 cm³/mol. The lowest BCUT2D eigenvalue weighted by molar-refractivity contribution is 1.67. The summed E-state index contributed by atoms with van der Waals surface area (Å²) >= 11 is 0. The van der Waals surface area contributed by atoms with E-state index in [2.05, 4.69) is 449 Å². The predicted octanol–water partition coefficient (Wildman–Crippen LogP) is 33.5. The normalized spacial score (nSPS) is 11.7. The molecule has 0 spiro atoms. The molecule has 0 saturated heterocycles. The third-order valence-corrected chi connectivity index (χ3v) is 25.0. The average Bonchev–Trinajstić information content (AvgIpc) is 0.715. The van der Waals surface area contributed by atoms with Crippen LogP contribution in [0.15, 0.2) is 449 Å². The minimum Gasteiger partial charge on any atom is -0.0616 e. The number of rotatable bonds is 6. The molecule has 0 unspecified atom stereocenters. The first kappa shape index (κ1) is 68.3. The largest absolute Gasteiger partial charge is 0.0616 e. The van der Waals surface area contributed by atoms with E-state index in [1.54, 1.807) is 0 Å². The molecular weight excluding hydrogens is 1420 g/mol. The van der Waals surface area contributed by atoms with Gasteiger partial charge in [-0.2, -0.15) is 0 Å². The Balaban J connectivity index is 0.000000105. The highest BCUT2D eigenvalue weighted by Gasteiger charge is 2.22. The van der Waals surface area contributed by atoms with Crippen LogP contribution in [0.1, 0.15) is 0 Å². The minimum atomic E-state index is 1.25. The summed E-state index contributed by atoms with van der Waals surface area (Å²) in [6.45, 7) is 0. The molecule has 0 radical (unpaired) electrons. The summed E-state index contributed by atoms with van der Waals surface area (Å²) in [6, 6.07) is 165. The molecule has 546 valence electrons. The highest BCUT2D eigenvalue weighted by atomic mass is 14.3. The van der Waals surface area contributed by atoms with Crippen LogP contribution in [0.5, 0.6) is 0 Å². The Bertz CT molecular complexity index is 7890. The zero-order valence-corrected chi connectivity index (χ0v) is 64.7. The lowest BCUT2D eigenvalue weighted by atomic mass is 9.82. The zero-order chi connectivity index (χ0) is 77.7. The van der Waals surface area contributed by atoms with Crippen molar-refractivity contribution in [2.75, 3.05) is 0 Å². The standard InChI is InChI=1S/2C42H26.C34H22/c1-3-15-29-27(13-1)25-39(33-19-7-5-17-31(29)33)41-35-21-9-11-23-37(35)42(38-24-12-10-22-36(38)41)40-26-28-14-2-4-16-30(28)32-18-6-8-20-34(32)40;1-3-11-33-27(9-1)25-41(39-15-7-5-13-37(33)39)31-19-21-35-29(23-31)17-18-30-24-32(20-22-36(30)35)42-26-28-10-2-4-12-34(28)38-14-6-8-16-40(38)42;1-3-11-29-23(7-1)9-5-13-31(29)27-17-19-33-25(21-27)15-16-26-22-28(18-20-34(26)33)32-14-6-10-24-8-2-4-12-30(24)32/h2*1-26H;1-22H. The Morgan fingerprint density at radius 2 is 0.271 bits per heavy atom. The van der Waals surface area contributed by atoms with Crippen molar-refractivity contribution in [1.82, 2.24) is 0 Å². The second kappa shape index (κ2) is 28.3. The van der Waals surface area contributed by atoms with E-state index in [9.17, 15) is 0 Å². The quantitative estimate of drug-likeness (QED) is 0.115. The van der Waals surface area contributed by atoms with Crippen LogP contribution in [0.2, 0.25) is 0 Å². The van der Waals surface area contributed by atoms with Crippen molar-refractivity contribution in [2.45, 2.75) is 0 Å². The molecule has 0 N–H and O–H groups in total. The van der Waals surface area contributed by atoms with Crippen molar-refractivity contribution in [2.24, 2.45) is 0 Å². The molecule has 118 heavy (non-hydrogen) atoms. The number of benzene rings is 25. The topological polar surface area (TPSA) is 0 Å². The van der Waals surface area contributed by atoms with Crippen LogP contribution in [0.25, 0.3) is 239 Å². The van der Waals surface area contributed by atoms with Gasteiger partial charge >= 0.3 is 0 Å². The van der Waals surface area contributed by atoms with Crippen LogP contribution in [-0.2, 0) is 0 Å². The van der Waals surface area contributed by atoms with Gasteiger partial charge in [0.1, 0.15) is 0 Å². The average molecular weight is 1490 g/mol. The summed E-state index contributed by atoms with van der Waals surface area (Å²) in [5, 5.41) is 41.2. The van der Waals surface area contributed by atoms with Gasteiger partial charge in [-0.15, -0.1) is 0 Å². The first-order valence-electron chi connectivity index (χ1n) is 41.0.